The van der Waals surface area contributed by atoms with Crippen LogP contribution in [-0.4, -0.2) is 46.2 Å². The van der Waals surface area contributed by atoms with Crippen LogP contribution in [0, 0.1) is 0 Å². The van der Waals surface area contributed by atoms with Crippen molar-refractivity contribution < 1.29 is 5.11 Å². The van der Waals surface area contributed by atoms with Gasteiger partial charge in [0, 0.05) is 5.75 Å². The Labute approximate surface area is 172 Å². The molecule has 0 aromatic rings. The van der Waals surface area contributed by atoms with Gasteiger partial charge < -0.3 is 5.11 Å². The van der Waals surface area contributed by atoms with Crippen molar-refractivity contribution in [2.45, 2.75) is 109 Å². The first kappa shape index (κ1) is 26.7. The number of rotatable bonds is 20. The smallest absolute Gasteiger partial charge is 0.0521 e. The molecule has 26 heavy (non-hydrogen) atoms. The van der Waals surface area contributed by atoms with E-state index in [2.05, 4.69) is 27.0 Å². The predicted octanol–water partition coefficient (Wildman–Crippen LogP) is 7.65. The van der Waals surface area contributed by atoms with Crippen molar-refractivity contribution in [2.75, 3.05) is 35.9 Å². The highest BCUT2D eigenvalue weighted by molar-refractivity contribution is 8.33. The average Bonchev–Trinajstić information content (AvgIpc) is 2.66. The molecule has 0 bridgehead atoms. The molecule has 160 valence electrons. The minimum Gasteiger partial charge on any atom is -0.396 e. The number of hydrogen-bond acceptors (Lipinski definition) is 2. The van der Waals surface area contributed by atoms with Gasteiger partial charge in [-0.2, -0.15) is 11.8 Å². The number of hydrogen-bond donors (Lipinski definition) is 1. The summed E-state index contributed by atoms with van der Waals surface area (Å²) in [6.07, 6.45) is 21.2. The Kier molecular flexibility index (Phi) is 19.5. The van der Waals surface area contributed by atoms with Gasteiger partial charge in [0.1, 0.15) is 0 Å². The minimum absolute atomic E-state index is 0.335. The second-order valence-electron chi connectivity index (χ2n) is 8.03. The van der Waals surface area contributed by atoms with E-state index in [1.165, 1.54) is 101 Å². The second kappa shape index (κ2) is 19.0. The Bertz CT molecular complexity index is 285. The van der Waals surface area contributed by atoms with Crippen molar-refractivity contribution in [2.24, 2.45) is 0 Å². The quantitative estimate of drug-likeness (QED) is 0.209. The maximum atomic E-state index is 8.73. The van der Waals surface area contributed by atoms with E-state index < -0.39 is 0 Å². The van der Waals surface area contributed by atoms with Gasteiger partial charge in [0.15, 0.2) is 0 Å². The summed E-state index contributed by atoms with van der Waals surface area (Å²) in [6.45, 7) is 7.55. The molecule has 0 aromatic carbocycles. The lowest BCUT2D eigenvalue weighted by Gasteiger charge is -2.43. The molecule has 0 saturated carbocycles. The molecule has 1 N–H and O–H groups in total. The van der Waals surface area contributed by atoms with Crippen LogP contribution in [0.1, 0.15) is 104 Å². The van der Waals surface area contributed by atoms with Crippen LogP contribution in [-0.2, 0) is 0 Å². The van der Waals surface area contributed by atoms with Crippen LogP contribution in [0.3, 0.4) is 0 Å². The van der Waals surface area contributed by atoms with Crippen molar-refractivity contribution in [1.82, 2.24) is 0 Å². The molecule has 0 fully saturated rings. The van der Waals surface area contributed by atoms with E-state index >= 15 is 0 Å². The van der Waals surface area contributed by atoms with Crippen molar-refractivity contribution in [3.63, 3.8) is 0 Å². The summed E-state index contributed by atoms with van der Waals surface area (Å²) < 4.78 is 0. The van der Waals surface area contributed by atoms with Gasteiger partial charge in [-0.1, -0.05) is 78.6 Å². The van der Waals surface area contributed by atoms with Crippen molar-refractivity contribution in [3.05, 3.63) is 0 Å². The molecule has 2 unspecified atom stereocenters. The zero-order chi connectivity index (χ0) is 19.5. The Balaban J connectivity index is 3.51. The van der Waals surface area contributed by atoms with Gasteiger partial charge in [0.25, 0.3) is 0 Å². The monoisotopic (exact) mass is 406 g/mol. The maximum absolute atomic E-state index is 8.73. The highest BCUT2D eigenvalue weighted by Gasteiger charge is 2.24. The standard InChI is InChI=1S/C23H50OS2/c1-5-18-23(6-2)26(4,7-3)22-17-15-13-11-9-8-10-12-14-16-20-25-21-19-24/h23-24H,5-22H2,1-4H3. The lowest BCUT2D eigenvalue weighted by molar-refractivity contribution is 0.322. The van der Waals surface area contributed by atoms with Crippen LogP contribution in [0.15, 0.2) is 0 Å². The summed E-state index contributed by atoms with van der Waals surface area (Å²) in [6, 6.07) is 0. The van der Waals surface area contributed by atoms with E-state index in [-0.39, 0.29) is 10.0 Å². The number of thioether (sulfide) groups is 1. The molecule has 0 amide bonds. The van der Waals surface area contributed by atoms with Gasteiger partial charge in [-0.3, -0.25) is 0 Å². The van der Waals surface area contributed by atoms with Gasteiger partial charge in [-0.25, -0.2) is 10.0 Å². The minimum atomic E-state index is -0.362. The normalized spacial score (nSPS) is 16.3. The van der Waals surface area contributed by atoms with Gasteiger partial charge in [0.2, 0.25) is 0 Å². The fraction of sp³-hybridized carbons (Fsp3) is 1.00. The molecule has 0 radical (unpaired) electrons. The molecule has 1 nitrogen and oxygen atoms in total. The number of unbranched alkanes of at least 4 members (excludes halogenated alkanes) is 9. The van der Waals surface area contributed by atoms with Crippen LogP contribution < -0.4 is 0 Å². The second-order valence-corrected chi connectivity index (χ2v) is 13.6. The highest BCUT2D eigenvalue weighted by Crippen LogP contribution is 2.52. The highest BCUT2D eigenvalue weighted by atomic mass is 32.3. The Hall–Kier alpha value is 0.660. The third-order valence-electron chi connectivity index (χ3n) is 5.92. The number of aliphatic hydroxyl groups excluding tert-OH is 1. The maximum Gasteiger partial charge on any atom is 0.0521 e. The van der Waals surface area contributed by atoms with Gasteiger partial charge in [0.05, 0.1) is 6.61 Å². The predicted molar refractivity (Wildman–Crippen MR) is 128 cm³/mol. The lowest BCUT2D eigenvalue weighted by Crippen LogP contribution is -2.21. The summed E-state index contributed by atoms with van der Waals surface area (Å²) in [4.78, 5) is 0. The molecule has 0 aliphatic carbocycles. The summed E-state index contributed by atoms with van der Waals surface area (Å²) in [7, 11) is -0.362. The fourth-order valence-corrected chi connectivity index (χ4v) is 8.28. The molecule has 0 aromatic heterocycles. The summed E-state index contributed by atoms with van der Waals surface area (Å²) in [5, 5.41) is 9.75. The van der Waals surface area contributed by atoms with E-state index in [9.17, 15) is 0 Å². The van der Waals surface area contributed by atoms with Gasteiger partial charge >= 0.3 is 0 Å². The molecule has 0 rings (SSSR count). The van der Waals surface area contributed by atoms with Crippen molar-refractivity contribution in [1.29, 1.82) is 0 Å². The SMILES string of the molecule is CCCC(CC)S(C)(CC)CCCCCCCCCCCCSCCO. The Morgan fingerprint density at radius 1 is 0.769 bits per heavy atom. The molecule has 2 atom stereocenters. The molecular weight excluding hydrogens is 356 g/mol. The van der Waals surface area contributed by atoms with Crippen LogP contribution in [0.2, 0.25) is 0 Å². The molecular formula is C23H50OS2. The lowest BCUT2D eigenvalue weighted by atomic mass is 10.1. The summed E-state index contributed by atoms with van der Waals surface area (Å²) in [5.41, 5.74) is 0. The zero-order valence-electron chi connectivity index (χ0n) is 18.6. The molecule has 0 heterocycles. The van der Waals surface area contributed by atoms with Gasteiger partial charge in [-0.15, -0.1) is 0 Å². The molecule has 0 spiro atoms. The van der Waals surface area contributed by atoms with Crippen molar-refractivity contribution in [3.8, 4) is 0 Å². The van der Waals surface area contributed by atoms with E-state index in [4.69, 9.17) is 5.11 Å². The molecule has 0 saturated heterocycles. The first-order chi connectivity index (χ1) is 12.6. The van der Waals surface area contributed by atoms with Crippen LogP contribution in [0.5, 0.6) is 0 Å². The summed E-state index contributed by atoms with van der Waals surface area (Å²) in [5.74, 6) is 5.10. The topological polar surface area (TPSA) is 20.2 Å². The van der Waals surface area contributed by atoms with Crippen LogP contribution in [0.25, 0.3) is 0 Å². The average molecular weight is 407 g/mol. The van der Waals surface area contributed by atoms with Crippen LogP contribution >= 0.6 is 21.8 Å². The van der Waals surface area contributed by atoms with Crippen LogP contribution in [0.4, 0.5) is 0 Å². The van der Waals surface area contributed by atoms with E-state index in [0.29, 0.717) is 6.61 Å². The summed E-state index contributed by atoms with van der Waals surface area (Å²) >= 11 is 1.89. The molecule has 0 aliphatic heterocycles. The third-order valence-corrected chi connectivity index (χ3v) is 11.7. The first-order valence-electron chi connectivity index (χ1n) is 11.6. The fourth-order valence-electron chi connectivity index (χ4n) is 3.98. The van der Waals surface area contributed by atoms with E-state index in [1.54, 1.807) is 0 Å². The first-order valence-corrected chi connectivity index (χ1v) is 15.1. The molecule has 3 heteroatoms. The van der Waals surface area contributed by atoms with Gasteiger partial charge in [-0.05, 0) is 54.4 Å². The Morgan fingerprint density at radius 2 is 1.31 bits per heavy atom. The van der Waals surface area contributed by atoms with E-state index in [1.807, 2.05) is 11.8 Å². The Morgan fingerprint density at radius 3 is 1.77 bits per heavy atom. The van der Waals surface area contributed by atoms with Crippen molar-refractivity contribution >= 4 is 21.8 Å². The zero-order valence-corrected chi connectivity index (χ0v) is 20.2. The molecule has 0 aliphatic rings. The third kappa shape index (κ3) is 13.8. The largest absolute Gasteiger partial charge is 0.396 e. The number of aliphatic hydroxyl groups is 1. The van der Waals surface area contributed by atoms with E-state index in [0.717, 1.165) is 11.0 Å².